The molecule has 0 amide bonds. The maximum Gasteiger partial charge on any atom is 0.0721 e. The van der Waals surface area contributed by atoms with Gasteiger partial charge in [0.25, 0.3) is 0 Å². The van der Waals surface area contributed by atoms with E-state index >= 15 is 0 Å². The Kier molecular flexibility index (Phi) is 4.86. The van der Waals surface area contributed by atoms with Gasteiger partial charge in [-0.25, -0.2) is 0 Å². The van der Waals surface area contributed by atoms with E-state index in [-0.39, 0.29) is 0 Å². The topological polar surface area (TPSA) is 9.23 Å². The Labute approximate surface area is 106 Å². The largest absolute Gasteiger partial charge is 0.374 e. The van der Waals surface area contributed by atoms with E-state index in [0.717, 1.165) is 11.1 Å². The maximum atomic E-state index is 5.98. The number of benzene rings is 1. The molecule has 0 N–H and O–H groups in total. The zero-order valence-corrected chi connectivity index (χ0v) is 11.2. The summed E-state index contributed by atoms with van der Waals surface area (Å²) < 4.78 is 7.12. The first-order valence-electron chi connectivity index (χ1n) is 6.20. The molecule has 0 atom stereocenters. The number of hydrogen-bond donors (Lipinski definition) is 0. The Hall–Kier alpha value is -0.340. The van der Waals surface area contributed by atoms with Gasteiger partial charge in [0, 0.05) is 4.47 Å². The Balaban J connectivity index is 1.81. The van der Waals surface area contributed by atoms with Crippen LogP contribution in [0.2, 0.25) is 0 Å². The van der Waals surface area contributed by atoms with Crippen molar-refractivity contribution in [3.05, 3.63) is 34.3 Å². The summed E-state index contributed by atoms with van der Waals surface area (Å²) in [6.45, 7) is 0.754. The highest BCUT2D eigenvalue weighted by Gasteiger charge is 2.12. The van der Waals surface area contributed by atoms with E-state index < -0.39 is 0 Å². The molecule has 0 heterocycles. The first-order valence-corrected chi connectivity index (χ1v) is 7.00. The van der Waals surface area contributed by atoms with Gasteiger partial charge in [-0.1, -0.05) is 53.7 Å². The molecular weight excluding hydrogens is 264 g/mol. The predicted molar refractivity (Wildman–Crippen MR) is 70.4 cm³/mol. The summed E-state index contributed by atoms with van der Waals surface area (Å²) in [6.07, 6.45) is 8.42. The van der Waals surface area contributed by atoms with Crippen molar-refractivity contribution in [1.29, 1.82) is 0 Å². The van der Waals surface area contributed by atoms with E-state index in [0.29, 0.717) is 6.10 Å². The van der Waals surface area contributed by atoms with E-state index in [1.165, 1.54) is 44.1 Å². The van der Waals surface area contributed by atoms with Crippen LogP contribution in [0.1, 0.15) is 44.1 Å². The average Bonchev–Trinajstić information content (AvgIpc) is 2.55. The van der Waals surface area contributed by atoms with E-state index in [9.17, 15) is 0 Å². The zero-order chi connectivity index (χ0) is 11.2. The quantitative estimate of drug-likeness (QED) is 0.731. The highest BCUT2D eigenvalue weighted by atomic mass is 79.9. The number of ether oxygens (including phenoxy) is 1. The van der Waals surface area contributed by atoms with Crippen molar-refractivity contribution < 1.29 is 4.74 Å². The van der Waals surface area contributed by atoms with Crippen LogP contribution in [0.15, 0.2) is 28.7 Å². The maximum absolute atomic E-state index is 5.98. The SMILES string of the molecule is Brc1cccc(COC2CCCCCC2)c1. The second-order valence-corrected chi connectivity index (χ2v) is 5.47. The van der Waals surface area contributed by atoms with E-state index in [1.54, 1.807) is 0 Å². The van der Waals surface area contributed by atoms with Crippen LogP contribution >= 0.6 is 15.9 Å². The molecule has 1 saturated carbocycles. The van der Waals surface area contributed by atoms with Crippen molar-refractivity contribution >= 4 is 15.9 Å². The Morgan fingerprint density at radius 1 is 1.12 bits per heavy atom. The summed E-state index contributed by atoms with van der Waals surface area (Å²) in [6, 6.07) is 8.38. The van der Waals surface area contributed by atoms with Crippen LogP contribution < -0.4 is 0 Å². The van der Waals surface area contributed by atoms with Crippen molar-refractivity contribution in [2.24, 2.45) is 0 Å². The Morgan fingerprint density at radius 2 is 1.88 bits per heavy atom. The lowest BCUT2D eigenvalue weighted by Crippen LogP contribution is -2.11. The fraction of sp³-hybridized carbons (Fsp3) is 0.571. The molecule has 2 rings (SSSR count). The first-order chi connectivity index (χ1) is 7.84. The fourth-order valence-electron chi connectivity index (χ4n) is 2.25. The molecule has 0 unspecified atom stereocenters. The molecule has 1 aromatic rings. The van der Waals surface area contributed by atoms with Crippen LogP contribution in [-0.4, -0.2) is 6.10 Å². The summed E-state index contributed by atoms with van der Waals surface area (Å²) in [5.74, 6) is 0. The van der Waals surface area contributed by atoms with Gasteiger partial charge < -0.3 is 4.74 Å². The van der Waals surface area contributed by atoms with Gasteiger partial charge in [0.05, 0.1) is 12.7 Å². The van der Waals surface area contributed by atoms with Gasteiger partial charge in [-0.15, -0.1) is 0 Å². The van der Waals surface area contributed by atoms with Crippen LogP contribution in [0, 0.1) is 0 Å². The molecule has 1 fully saturated rings. The molecule has 0 radical (unpaired) electrons. The smallest absolute Gasteiger partial charge is 0.0721 e. The minimum Gasteiger partial charge on any atom is -0.374 e. The molecule has 0 aliphatic heterocycles. The molecule has 1 aliphatic carbocycles. The monoisotopic (exact) mass is 282 g/mol. The standard InChI is InChI=1S/C14H19BrO/c15-13-7-5-6-12(10-13)11-16-14-8-3-1-2-4-9-14/h5-7,10,14H,1-4,8-9,11H2. The molecule has 16 heavy (non-hydrogen) atoms. The summed E-state index contributed by atoms with van der Waals surface area (Å²) in [7, 11) is 0. The van der Waals surface area contributed by atoms with Crippen LogP contribution in [-0.2, 0) is 11.3 Å². The van der Waals surface area contributed by atoms with Gasteiger partial charge in [-0.3, -0.25) is 0 Å². The third-order valence-electron chi connectivity index (χ3n) is 3.18. The minimum absolute atomic E-state index is 0.487. The molecule has 0 spiro atoms. The van der Waals surface area contributed by atoms with Crippen LogP contribution in [0.5, 0.6) is 0 Å². The van der Waals surface area contributed by atoms with Crippen molar-refractivity contribution in [3.8, 4) is 0 Å². The third kappa shape index (κ3) is 3.91. The summed E-state index contributed by atoms with van der Waals surface area (Å²) >= 11 is 3.49. The van der Waals surface area contributed by atoms with Gasteiger partial charge in [-0.2, -0.15) is 0 Å². The third-order valence-corrected chi connectivity index (χ3v) is 3.67. The second-order valence-electron chi connectivity index (χ2n) is 4.55. The summed E-state index contributed by atoms with van der Waals surface area (Å²) in [5.41, 5.74) is 1.26. The normalized spacial score (nSPS) is 18.3. The predicted octanol–water partition coefficient (Wildman–Crippen LogP) is 4.69. The van der Waals surface area contributed by atoms with Gasteiger partial charge in [0.2, 0.25) is 0 Å². The van der Waals surface area contributed by atoms with Crippen molar-refractivity contribution in [2.45, 2.75) is 51.2 Å². The highest BCUT2D eigenvalue weighted by molar-refractivity contribution is 9.10. The molecule has 1 aromatic carbocycles. The van der Waals surface area contributed by atoms with E-state index in [4.69, 9.17) is 4.74 Å². The molecule has 1 aliphatic rings. The molecule has 0 aromatic heterocycles. The molecule has 88 valence electrons. The molecule has 0 bridgehead atoms. The van der Waals surface area contributed by atoms with Crippen molar-refractivity contribution in [2.75, 3.05) is 0 Å². The second kappa shape index (κ2) is 6.41. The molecule has 1 nitrogen and oxygen atoms in total. The number of halogens is 1. The van der Waals surface area contributed by atoms with Crippen LogP contribution in [0.3, 0.4) is 0 Å². The van der Waals surface area contributed by atoms with Crippen LogP contribution in [0.25, 0.3) is 0 Å². The van der Waals surface area contributed by atoms with Crippen molar-refractivity contribution in [3.63, 3.8) is 0 Å². The van der Waals surface area contributed by atoms with Crippen molar-refractivity contribution in [1.82, 2.24) is 0 Å². The zero-order valence-electron chi connectivity index (χ0n) is 9.62. The Morgan fingerprint density at radius 3 is 2.56 bits per heavy atom. The highest BCUT2D eigenvalue weighted by Crippen LogP contribution is 2.21. The summed E-state index contributed by atoms with van der Waals surface area (Å²) in [5, 5.41) is 0. The number of rotatable bonds is 3. The molecule has 0 saturated heterocycles. The Bertz CT molecular complexity index is 316. The average molecular weight is 283 g/mol. The van der Waals surface area contributed by atoms with Gasteiger partial charge in [0.15, 0.2) is 0 Å². The summed E-state index contributed by atoms with van der Waals surface area (Å²) in [4.78, 5) is 0. The minimum atomic E-state index is 0.487. The lowest BCUT2D eigenvalue weighted by atomic mass is 10.1. The van der Waals surface area contributed by atoms with E-state index in [1.807, 2.05) is 0 Å². The fourth-order valence-corrected chi connectivity index (χ4v) is 2.70. The number of hydrogen-bond acceptors (Lipinski definition) is 1. The van der Waals surface area contributed by atoms with Gasteiger partial charge in [-0.05, 0) is 30.5 Å². The lowest BCUT2D eigenvalue weighted by molar-refractivity contribution is 0.0309. The first kappa shape index (κ1) is 12.1. The van der Waals surface area contributed by atoms with E-state index in [2.05, 4.69) is 40.2 Å². The lowest BCUT2D eigenvalue weighted by Gasteiger charge is -2.15. The van der Waals surface area contributed by atoms with Gasteiger partial charge >= 0.3 is 0 Å². The molecular formula is C14H19BrO. The molecule has 2 heteroatoms. The van der Waals surface area contributed by atoms with Gasteiger partial charge in [0.1, 0.15) is 0 Å². The van der Waals surface area contributed by atoms with Crippen LogP contribution in [0.4, 0.5) is 0 Å².